The molecule has 0 heterocycles. The van der Waals surface area contributed by atoms with E-state index in [1.54, 1.807) is 0 Å². The van der Waals surface area contributed by atoms with Crippen LogP contribution in [0.3, 0.4) is 0 Å². The summed E-state index contributed by atoms with van der Waals surface area (Å²) in [6.45, 7) is 3.29. The zero-order valence-electron chi connectivity index (χ0n) is 9.14. The van der Waals surface area contributed by atoms with Gasteiger partial charge >= 0.3 is 0 Å². The van der Waals surface area contributed by atoms with Crippen molar-refractivity contribution in [2.75, 3.05) is 18.4 Å². The van der Waals surface area contributed by atoms with E-state index in [1.165, 1.54) is 0 Å². The van der Waals surface area contributed by atoms with Gasteiger partial charge in [0.1, 0.15) is 0 Å². The molecule has 4 nitrogen and oxygen atoms in total. The van der Waals surface area contributed by atoms with Gasteiger partial charge in [0.15, 0.2) is 0 Å². The van der Waals surface area contributed by atoms with Crippen molar-refractivity contribution in [3.05, 3.63) is 0 Å². The fraction of sp³-hybridized carbons (Fsp3) is 0.800. The largest absolute Gasteiger partial charge is 0.356 e. The summed E-state index contributed by atoms with van der Waals surface area (Å²) in [6, 6.07) is 0. The molecule has 0 rings (SSSR count). The third-order valence-corrected chi connectivity index (χ3v) is 2.45. The lowest BCUT2D eigenvalue weighted by atomic mass is 10.2. The summed E-state index contributed by atoms with van der Waals surface area (Å²) in [5.41, 5.74) is 0. The molecule has 0 aliphatic carbocycles. The number of carbonyl (C=O) groups excluding carboxylic acids is 2. The average molecular weight is 279 g/mol. The number of halogens is 1. The molecule has 0 unspecified atom stereocenters. The van der Waals surface area contributed by atoms with Gasteiger partial charge in [-0.1, -0.05) is 22.9 Å². The Kier molecular flexibility index (Phi) is 9.57. The second-order valence-electron chi connectivity index (χ2n) is 3.25. The SMILES string of the molecule is CCC(=O)NCCCCCNC(=O)CBr. The first kappa shape index (κ1) is 14.4. The van der Waals surface area contributed by atoms with Crippen molar-refractivity contribution in [3.8, 4) is 0 Å². The molecule has 88 valence electrons. The highest BCUT2D eigenvalue weighted by Gasteiger charge is 1.97. The first-order valence-electron chi connectivity index (χ1n) is 5.30. The number of unbranched alkanes of at least 4 members (excludes halogenated alkanes) is 2. The van der Waals surface area contributed by atoms with Crippen LogP contribution in [0.25, 0.3) is 0 Å². The predicted octanol–water partition coefficient (Wildman–Crippen LogP) is 1.19. The zero-order valence-corrected chi connectivity index (χ0v) is 10.7. The third kappa shape index (κ3) is 9.72. The first-order chi connectivity index (χ1) is 7.20. The van der Waals surface area contributed by atoms with E-state index < -0.39 is 0 Å². The Morgan fingerprint density at radius 3 is 2.00 bits per heavy atom. The summed E-state index contributed by atoms with van der Waals surface area (Å²) >= 11 is 3.07. The van der Waals surface area contributed by atoms with Crippen LogP contribution in [0.5, 0.6) is 0 Å². The fourth-order valence-corrected chi connectivity index (χ4v) is 1.25. The summed E-state index contributed by atoms with van der Waals surface area (Å²) in [5.74, 6) is 0.122. The molecule has 0 aromatic rings. The second-order valence-corrected chi connectivity index (χ2v) is 3.81. The minimum atomic E-state index is 0.0225. The molecule has 2 amide bonds. The van der Waals surface area contributed by atoms with Crippen molar-refractivity contribution < 1.29 is 9.59 Å². The van der Waals surface area contributed by atoms with E-state index in [1.807, 2.05) is 6.92 Å². The van der Waals surface area contributed by atoms with E-state index in [9.17, 15) is 9.59 Å². The van der Waals surface area contributed by atoms with Crippen LogP contribution in [-0.4, -0.2) is 30.2 Å². The highest BCUT2D eigenvalue weighted by atomic mass is 79.9. The maximum absolute atomic E-state index is 10.9. The summed E-state index contributed by atoms with van der Waals surface area (Å²) in [7, 11) is 0. The van der Waals surface area contributed by atoms with Gasteiger partial charge in [-0.15, -0.1) is 0 Å². The fourth-order valence-electron chi connectivity index (χ4n) is 1.05. The lowest BCUT2D eigenvalue weighted by Gasteiger charge is -2.04. The highest BCUT2D eigenvalue weighted by Crippen LogP contribution is 1.93. The molecule has 0 bridgehead atoms. The Morgan fingerprint density at radius 2 is 1.53 bits per heavy atom. The Morgan fingerprint density at radius 1 is 1.00 bits per heavy atom. The van der Waals surface area contributed by atoms with Gasteiger partial charge in [0, 0.05) is 19.5 Å². The Bertz CT molecular complexity index is 178. The number of amides is 2. The van der Waals surface area contributed by atoms with Gasteiger partial charge in [-0.3, -0.25) is 9.59 Å². The van der Waals surface area contributed by atoms with Gasteiger partial charge in [0.05, 0.1) is 5.33 Å². The molecule has 0 aliphatic rings. The Balaban J connectivity index is 3.11. The van der Waals surface area contributed by atoms with Crippen LogP contribution in [-0.2, 0) is 9.59 Å². The smallest absolute Gasteiger partial charge is 0.230 e. The number of carbonyl (C=O) groups is 2. The molecule has 0 radical (unpaired) electrons. The third-order valence-electron chi connectivity index (χ3n) is 1.94. The van der Waals surface area contributed by atoms with Crippen LogP contribution >= 0.6 is 15.9 Å². The maximum Gasteiger partial charge on any atom is 0.230 e. The van der Waals surface area contributed by atoms with Crippen LogP contribution in [0, 0.1) is 0 Å². The van der Waals surface area contributed by atoms with Gasteiger partial charge in [0.25, 0.3) is 0 Å². The standard InChI is InChI=1S/C10H19BrN2O2/c1-2-9(14)12-6-4-3-5-7-13-10(15)8-11/h2-8H2,1H3,(H,12,14)(H,13,15). The minimum Gasteiger partial charge on any atom is -0.356 e. The van der Waals surface area contributed by atoms with Crippen molar-refractivity contribution in [3.63, 3.8) is 0 Å². The van der Waals surface area contributed by atoms with Crippen molar-refractivity contribution in [2.24, 2.45) is 0 Å². The van der Waals surface area contributed by atoms with E-state index in [2.05, 4.69) is 26.6 Å². The summed E-state index contributed by atoms with van der Waals surface area (Å²) in [5, 5.41) is 5.94. The van der Waals surface area contributed by atoms with Crippen molar-refractivity contribution >= 4 is 27.7 Å². The zero-order chi connectivity index (χ0) is 11.5. The van der Waals surface area contributed by atoms with Crippen LogP contribution in [0.2, 0.25) is 0 Å². The van der Waals surface area contributed by atoms with Gasteiger partial charge in [0.2, 0.25) is 11.8 Å². The van der Waals surface area contributed by atoms with Gasteiger partial charge in [-0.2, -0.15) is 0 Å². The number of hydrogen-bond donors (Lipinski definition) is 2. The van der Waals surface area contributed by atoms with Gasteiger partial charge < -0.3 is 10.6 Å². The monoisotopic (exact) mass is 278 g/mol. The predicted molar refractivity (Wildman–Crippen MR) is 64.0 cm³/mol. The lowest BCUT2D eigenvalue weighted by molar-refractivity contribution is -0.120. The van der Waals surface area contributed by atoms with Crippen molar-refractivity contribution in [2.45, 2.75) is 32.6 Å². The molecule has 0 spiro atoms. The summed E-state index contributed by atoms with van der Waals surface area (Å²) in [4.78, 5) is 21.7. The Labute approximate surface area is 99.3 Å². The molecule has 0 aromatic heterocycles. The molecule has 0 saturated heterocycles. The average Bonchev–Trinajstić information content (AvgIpc) is 2.26. The molecule has 15 heavy (non-hydrogen) atoms. The first-order valence-corrected chi connectivity index (χ1v) is 6.42. The number of rotatable bonds is 8. The molecule has 0 atom stereocenters. The van der Waals surface area contributed by atoms with Crippen molar-refractivity contribution in [1.82, 2.24) is 10.6 Å². The van der Waals surface area contributed by atoms with Crippen LogP contribution in [0.4, 0.5) is 0 Å². The van der Waals surface area contributed by atoms with Gasteiger partial charge in [-0.25, -0.2) is 0 Å². The van der Waals surface area contributed by atoms with E-state index in [0.29, 0.717) is 18.3 Å². The van der Waals surface area contributed by atoms with Crippen molar-refractivity contribution in [1.29, 1.82) is 0 Å². The maximum atomic E-state index is 10.9. The normalized spacial score (nSPS) is 9.73. The lowest BCUT2D eigenvalue weighted by Crippen LogP contribution is -2.26. The quantitative estimate of drug-likeness (QED) is 0.518. The van der Waals surface area contributed by atoms with E-state index >= 15 is 0 Å². The molecule has 5 heteroatoms. The van der Waals surface area contributed by atoms with E-state index in [-0.39, 0.29) is 11.8 Å². The van der Waals surface area contributed by atoms with Crippen LogP contribution in [0.15, 0.2) is 0 Å². The second kappa shape index (κ2) is 9.96. The minimum absolute atomic E-state index is 0.0225. The molecule has 0 saturated carbocycles. The van der Waals surface area contributed by atoms with Crippen LogP contribution in [0.1, 0.15) is 32.6 Å². The number of alkyl halides is 1. The molecular formula is C10H19BrN2O2. The summed E-state index contributed by atoms with van der Waals surface area (Å²) in [6.07, 6.45) is 3.49. The molecule has 0 fully saturated rings. The van der Waals surface area contributed by atoms with Gasteiger partial charge in [-0.05, 0) is 19.3 Å². The molecule has 0 aliphatic heterocycles. The molecular weight excluding hydrogens is 260 g/mol. The van der Waals surface area contributed by atoms with Crippen LogP contribution < -0.4 is 10.6 Å². The molecule has 2 N–H and O–H groups in total. The molecule has 0 aromatic carbocycles. The number of hydrogen-bond acceptors (Lipinski definition) is 2. The van der Waals surface area contributed by atoms with E-state index in [0.717, 1.165) is 25.8 Å². The highest BCUT2D eigenvalue weighted by molar-refractivity contribution is 9.09. The number of nitrogens with one attached hydrogen (secondary N) is 2. The summed E-state index contributed by atoms with van der Waals surface area (Å²) < 4.78 is 0. The van der Waals surface area contributed by atoms with E-state index in [4.69, 9.17) is 0 Å². The topological polar surface area (TPSA) is 58.2 Å². The Hall–Kier alpha value is -0.580.